The topological polar surface area (TPSA) is 20.2 Å². The molecule has 1 nitrogen and oxygen atoms in total. The number of aromatic hydroxyl groups is 1. The number of hydrogen-bond donors (Lipinski definition) is 1. The standard InChI is InChI=1S/C39H26O/c40-31-19-17-27(18-20-31)36-23-30(35-14-6-10-26-8-2-4-12-33(26)35)24-39-37-21-28(15-16-29(37)22-38(36)39)34-13-5-9-25-7-1-3-11-32(25)34/h1-21,23-24,40H,22H2. The van der Waals surface area contributed by atoms with Gasteiger partial charge in [-0.3, -0.25) is 0 Å². The monoisotopic (exact) mass is 510 g/mol. The van der Waals surface area contributed by atoms with Crippen LogP contribution in [0.15, 0.2) is 140 Å². The lowest BCUT2D eigenvalue weighted by atomic mass is 9.89. The summed E-state index contributed by atoms with van der Waals surface area (Å²) in [6.07, 6.45) is 0.895. The molecule has 0 unspecified atom stereocenters. The van der Waals surface area contributed by atoms with E-state index in [1.165, 1.54) is 71.6 Å². The maximum atomic E-state index is 10.0. The van der Waals surface area contributed by atoms with E-state index in [9.17, 15) is 5.11 Å². The van der Waals surface area contributed by atoms with Gasteiger partial charge in [-0.25, -0.2) is 0 Å². The fourth-order valence-electron chi connectivity index (χ4n) is 6.45. The van der Waals surface area contributed by atoms with Gasteiger partial charge in [0, 0.05) is 0 Å². The van der Waals surface area contributed by atoms with E-state index in [2.05, 4.69) is 115 Å². The highest BCUT2D eigenvalue weighted by Gasteiger charge is 2.24. The Labute approximate surface area is 233 Å². The molecule has 0 aliphatic heterocycles. The minimum atomic E-state index is 0.286. The van der Waals surface area contributed by atoms with E-state index in [0.717, 1.165) is 12.0 Å². The maximum Gasteiger partial charge on any atom is 0.115 e. The molecule has 0 heterocycles. The lowest BCUT2D eigenvalue weighted by Gasteiger charge is -2.15. The second-order valence-electron chi connectivity index (χ2n) is 10.7. The third kappa shape index (κ3) is 3.63. The number of rotatable bonds is 3. The van der Waals surface area contributed by atoms with Gasteiger partial charge in [0.05, 0.1) is 0 Å². The summed E-state index contributed by atoms with van der Waals surface area (Å²) in [7, 11) is 0. The van der Waals surface area contributed by atoms with Gasteiger partial charge in [-0.2, -0.15) is 0 Å². The van der Waals surface area contributed by atoms with Crippen LogP contribution in [0.5, 0.6) is 5.75 Å². The van der Waals surface area contributed by atoms with Gasteiger partial charge in [0.15, 0.2) is 0 Å². The molecule has 0 spiro atoms. The molecular weight excluding hydrogens is 484 g/mol. The average molecular weight is 511 g/mol. The van der Waals surface area contributed by atoms with Crippen LogP contribution in [0.3, 0.4) is 0 Å². The molecule has 7 aromatic rings. The first-order valence-corrected chi connectivity index (χ1v) is 13.8. The van der Waals surface area contributed by atoms with Crippen LogP contribution in [0.4, 0.5) is 0 Å². The lowest BCUT2D eigenvalue weighted by molar-refractivity contribution is 0.475. The fourth-order valence-corrected chi connectivity index (χ4v) is 6.45. The van der Waals surface area contributed by atoms with Crippen molar-refractivity contribution in [2.24, 2.45) is 0 Å². The Hall–Kier alpha value is -5.14. The summed E-state index contributed by atoms with van der Waals surface area (Å²) in [6, 6.07) is 49.7. The van der Waals surface area contributed by atoms with E-state index in [-0.39, 0.29) is 5.75 Å². The third-order valence-electron chi connectivity index (χ3n) is 8.40. The Morgan fingerprint density at radius 3 is 1.65 bits per heavy atom. The molecule has 0 aromatic heterocycles. The highest BCUT2D eigenvalue weighted by Crippen LogP contribution is 2.46. The molecule has 0 bridgehead atoms. The van der Waals surface area contributed by atoms with Gasteiger partial charge in [0.1, 0.15) is 5.75 Å². The van der Waals surface area contributed by atoms with E-state index in [1.807, 2.05) is 12.1 Å². The van der Waals surface area contributed by atoms with Crippen LogP contribution >= 0.6 is 0 Å². The van der Waals surface area contributed by atoms with Crippen molar-refractivity contribution in [3.05, 3.63) is 151 Å². The number of benzene rings is 7. The van der Waals surface area contributed by atoms with Crippen molar-refractivity contribution in [1.82, 2.24) is 0 Å². The van der Waals surface area contributed by atoms with Crippen molar-refractivity contribution < 1.29 is 5.11 Å². The third-order valence-corrected chi connectivity index (χ3v) is 8.40. The summed E-state index contributed by atoms with van der Waals surface area (Å²) in [4.78, 5) is 0. The van der Waals surface area contributed by atoms with Crippen LogP contribution in [-0.4, -0.2) is 5.11 Å². The summed E-state index contributed by atoms with van der Waals surface area (Å²) in [5.74, 6) is 0.286. The second-order valence-corrected chi connectivity index (χ2v) is 10.7. The maximum absolute atomic E-state index is 10.0. The van der Waals surface area contributed by atoms with E-state index in [4.69, 9.17) is 0 Å². The lowest BCUT2D eigenvalue weighted by Crippen LogP contribution is -1.91. The Bertz CT molecular complexity index is 2070. The first-order valence-electron chi connectivity index (χ1n) is 13.8. The molecule has 1 aliphatic carbocycles. The number of phenolic OH excluding ortho intramolecular Hbond substituents is 1. The van der Waals surface area contributed by atoms with Crippen molar-refractivity contribution in [3.63, 3.8) is 0 Å². The van der Waals surface area contributed by atoms with Crippen LogP contribution in [-0.2, 0) is 6.42 Å². The number of fused-ring (bicyclic) bond motifs is 5. The summed E-state index contributed by atoms with van der Waals surface area (Å²) in [5, 5.41) is 15.0. The quantitative estimate of drug-likeness (QED) is 0.251. The van der Waals surface area contributed by atoms with Gasteiger partial charge in [-0.15, -0.1) is 0 Å². The minimum absolute atomic E-state index is 0.286. The Morgan fingerprint density at radius 1 is 0.400 bits per heavy atom. The second kappa shape index (κ2) is 8.97. The fraction of sp³-hybridized carbons (Fsp3) is 0.0256. The smallest absolute Gasteiger partial charge is 0.115 e. The van der Waals surface area contributed by atoms with Crippen molar-refractivity contribution in [2.75, 3.05) is 0 Å². The van der Waals surface area contributed by atoms with E-state index in [0.29, 0.717) is 0 Å². The molecule has 188 valence electrons. The first kappa shape index (κ1) is 22.8. The van der Waals surface area contributed by atoms with Crippen molar-refractivity contribution in [3.8, 4) is 50.3 Å². The molecule has 7 aromatic carbocycles. The normalized spacial score (nSPS) is 12.0. The molecule has 8 rings (SSSR count). The molecule has 1 N–H and O–H groups in total. The Morgan fingerprint density at radius 2 is 0.950 bits per heavy atom. The predicted octanol–water partition coefficient (Wildman–Crippen LogP) is 10.3. The molecule has 0 radical (unpaired) electrons. The molecule has 40 heavy (non-hydrogen) atoms. The summed E-state index contributed by atoms with van der Waals surface area (Å²) < 4.78 is 0. The summed E-state index contributed by atoms with van der Waals surface area (Å²) >= 11 is 0. The first-order chi connectivity index (χ1) is 19.7. The van der Waals surface area contributed by atoms with E-state index < -0.39 is 0 Å². The van der Waals surface area contributed by atoms with Gasteiger partial charge in [-0.1, -0.05) is 109 Å². The van der Waals surface area contributed by atoms with Crippen LogP contribution in [0.2, 0.25) is 0 Å². The van der Waals surface area contributed by atoms with Crippen LogP contribution in [0.25, 0.3) is 66.1 Å². The zero-order valence-electron chi connectivity index (χ0n) is 21.9. The van der Waals surface area contributed by atoms with Crippen LogP contribution < -0.4 is 0 Å². The molecule has 0 saturated carbocycles. The summed E-state index contributed by atoms with van der Waals surface area (Å²) in [5.41, 5.74) is 12.6. The average Bonchev–Trinajstić information content (AvgIpc) is 3.38. The SMILES string of the molecule is Oc1ccc(-c2cc(-c3cccc4ccccc34)cc3c2Cc2ccc(-c4cccc5ccccc45)cc2-3)cc1. The largest absolute Gasteiger partial charge is 0.508 e. The molecule has 0 fully saturated rings. The molecule has 0 amide bonds. The van der Waals surface area contributed by atoms with Gasteiger partial charge < -0.3 is 5.11 Å². The van der Waals surface area contributed by atoms with Gasteiger partial charge in [-0.05, 0) is 114 Å². The van der Waals surface area contributed by atoms with E-state index in [1.54, 1.807) is 12.1 Å². The van der Waals surface area contributed by atoms with Crippen LogP contribution in [0.1, 0.15) is 11.1 Å². The molecule has 0 saturated heterocycles. The highest BCUT2D eigenvalue weighted by molar-refractivity contribution is 6.01. The van der Waals surface area contributed by atoms with Crippen molar-refractivity contribution in [2.45, 2.75) is 6.42 Å². The molecule has 0 atom stereocenters. The Balaban J connectivity index is 1.37. The highest BCUT2D eigenvalue weighted by atomic mass is 16.3. The van der Waals surface area contributed by atoms with E-state index >= 15 is 0 Å². The summed E-state index contributed by atoms with van der Waals surface area (Å²) in [6.45, 7) is 0. The van der Waals surface area contributed by atoms with Crippen molar-refractivity contribution >= 4 is 21.5 Å². The van der Waals surface area contributed by atoms with Crippen molar-refractivity contribution in [1.29, 1.82) is 0 Å². The Kier molecular flexibility index (Phi) is 5.11. The molecule has 1 aliphatic rings. The van der Waals surface area contributed by atoms with Crippen LogP contribution in [0, 0.1) is 0 Å². The van der Waals surface area contributed by atoms with Gasteiger partial charge >= 0.3 is 0 Å². The number of hydrogen-bond acceptors (Lipinski definition) is 1. The number of phenols is 1. The zero-order valence-corrected chi connectivity index (χ0v) is 21.9. The predicted molar refractivity (Wildman–Crippen MR) is 168 cm³/mol. The molecule has 1 heteroatoms. The van der Waals surface area contributed by atoms with Gasteiger partial charge in [0.2, 0.25) is 0 Å². The zero-order chi connectivity index (χ0) is 26.6. The molecular formula is C39H26O. The minimum Gasteiger partial charge on any atom is -0.508 e. The van der Waals surface area contributed by atoms with Gasteiger partial charge in [0.25, 0.3) is 0 Å².